The minimum absolute atomic E-state index is 0.362. The molecule has 2 N–H and O–H groups in total. The summed E-state index contributed by atoms with van der Waals surface area (Å²) in [5.41, 5.74) is 6.18. The Kier molecular flexibility index (Phi) is 4.11. The Morgan fingerprint density at radius 3 is 2.50 bits per heavy atom. The summed E-state index contributed by atoms with van der Waals surface area (Å²) in [6.45, 7) is 3.23. The summed E-state index contributed by atoms with van der Waals surface area (Å²) in [5.74, 6) is 0.782. The maximum absolute atomic E-state index is 12.1. The van der Waals surface area contributed by atoms with Crippen molar-refractivity contribution in [3.63, 3.8) is 0 Å². The van der Waals surface area contributed by atoms with Crippen molar-refractivity contribution < 1.29 is 8.42 Å². The Hall–Kier alpha value is -1.85. The number of nitrogen functional groups attached to an aromatic ring is 1. The van der Waals surface area contributed by atoms with E-state index in [4.69, 9.17) is 11.0 Å². The highest BCUT2D eigenvalue weighted by Gasteiger charge is 2.31. The second-order valence-corrected chi connectivity index (χ2v) is 6.91. The van der Waals surface area contributed by atoms with Gasteiger partial charge in [-0.05, 0) is 19.1 Å². The average molecular weight is 295 g/mol. The molecule has 1 aromatic rings. The fraction of sp³-hybridized carbons (Fsp3) is 0.500. The van der Waals surface area contributed by atoms with Crippen LogP contribution >= 0.6 is 0 Å². The Morgan fingerprint density at radius 2 is 2.00 bits per heavy atom. The summed E-state index contributed by atoms with van der Waals surface area (Å²) in [7, 11) is -3.52. The minimum atomic E-state index is -3.52. The molecule has 1 aliphatic rings. The monoisotopic (exact) mass is 295 g/mol. The molecular weight excluding hydrogens is 278 g/mol. The second kappa shape index (κ2) is 5.64. The fourth-order valence-corrected chi connectivity index (χ4v) is 3.30. The third-order valence-electron chi connectivity index (χ3n) is 3.32. The van der Waals surface area contributed by atoms with Crippen molar-refractivity contribution in [3.8, 4) is 6.07 Å². The molecule has 20 heavy (non-hydrogen) atoms. The summed E-state index contributed by atoms with van der Waals surface area (Å²) in [6, 6.07) is 5.37. The quantitative estimate of drug-likeness (QED) is 0.843. The van der Waals surface area contributed by atoms with Gasteiger partial charge in [-0.15, -0.1) is 0 Å². The average Bonchev–Trinajstić information content (AvgIpc) is 2.47. The Labute approximate surface area is 118 Å². The van der Waals surface area contributed by atoms with Gasteiger partial charge in [-0.3, -0.25) is 0 Å². The van der Waals surface area contributed by atoms with Crippen LogP contribution in [0.25, 0.3) is 0 Å². The van der Waals surface area contributed by atoms with E-state index in [0.717, 1.165) is 5.82 Å². The maximum Gasteiger partial charge on any atom is 0.230 e. The van der Waals surface area contributed by atoms with Crippen LogP contribution in [0.15, 0.2) is 18.3 Å². The molecule has 0 amide bonds. The second-order valence-electron chi connectivity index (χ2n) is 4.65. The molecule has 1 atom stereocenters. The van der Waals surface area contributed by atoms with E-state index in [1.807, 2.05) is 11.0 Å². The van der Waals surface area contributed by atoms with E-state index < -0.39 is 15.3 Å². The standard InChI is InChI=1S/C12H17N5O2S/c1-10(8-13)20(18,19)17-6-4-16(5-7-17)12-3-2-11(14)9-15-12/h2-3,9-10H,4-7,14H2,1H3. The van der Waals surface area contributed by atoms with Gasteiger partial charge in [0.2, 0.25) is 10.0 Å². The zero-order valence-electron chi connectivity index (χ0n) is 11.2. The zero-order valence-corrected chi connectivity index (χ0v) is 12.0. The highest BCUT2D eigenvalue weighted by Crippen LogP contribution is 2.17. The van der Waals surface area contributed by atoms with Crippen LogP contribution in [0.5, 0.6) is 0 Å². The Balaban J connectivity index is 2.03. The van der Waals surface area contributed by atoms with Crippen LogP contribution in [0, 0.1) is 11.3 Å². The van der Waals surface area contributed by atoms with Crippen molar-refractivity contribution in [1.82, 2.24) is 9.29 Å². The SMILES string of the molecule is CC(C#N)S(=O)(=O)N1CCN(c2ccc(N)cn2)CC1. The lowest BCUT2D eigenvalue weighted by atomic mass is 10.3. The van der Waals surface area contributed by atoms with Crippen molar-refractivity contribution in [2.24, 2.45) is 0 Å². The van der Waals surface area contributed by atoms with Crippen LogP contribution in [-0.4, -0.2) is 49.1 Å². The molecule has 0 radical (unpaired) electrons. The molecule has 0 saturated carbocycles. The molecule has 108 valence electrons. The van der Waals surface area contributed by atoms with E-state index in [-0.39, 0.29) is 0 Å². The first-order chi connectivity index (χ1) is 9.45. The van der Waals surface area contributed by atoms with Gasteiger partial charge in [0.1, 0.15) is 5.82 Å². The summed E-state index contributed by atoms with van der Waals surface area (Å²) in [5, 5.41) is 7.76. The lowest BCUT2D eigenvalue weighted by Crippen LogP contribution is -2.50. The van der Waals surface area contributed by atoms with E-state index in [9.17, 15) is 8.42 Å². The van der Waals surface area contributed by atoms with Crippen molar-refractivity contribution >= 4 is 21.5 Å². The number of aromatic nitrogens is 1. The van der Waals surface area contributed by atoms with Crippen molar-refractivity contribution in [2.45, 2.75) is 12.2 Å². The maximum atomic E-state index is 12.1. The number of piperazine rings is 1. The molecule has 1 aliphatic heterocycles. The molecule has 1 aromatic heterocycles. The predicted octanol–water partition coefficient (Wildman–Crippen LogP) is 0.0277. The Bertz CT molecular complexity index is 600. The van der Waals surface area contributed by atoms with E-state index >= 15 is 0 Å². The van der Waals surface area contributed by atoms with Gasteiger partial charge < -0.3 is 10.6 Å². The Morgan fingerprint density at radius 1 is 1.35 bits per heavy atom. The molecule has 1 unspecified atom stereocenters. The smallest absolute Gasteiger partial charge is 0.230 e. The number of nitrogens with zero attached hydrogens (tertiary/aromatic N) is 4. The molecule has 0 aromatic carbocycles. The van der Waals surface area contributed by atoms with Crippen LogP contribution in [0.3, 0.4) is 0 Å². The van der Waals surface area contributed by atoms with Gasteiger partial charge in [-0.25, -0.2) is 13.4 Å². The molecule has 1 saturated heterocycles. The van der Waals surface area contributed by atoms with E-state index in [1.54, 1.807) is 18.3 Å². The molecular formula is C12H17N5O2S. The van der Waals surface area contributed by atoms with Gasteiger partial charge >= 0.3 is 0 Å². The van der Waals surface area contributed by atoms with Crippen LogP contribution in [0.1, 0.15) is 6.92 Å². The normalized spacial score (nSPS) is 18.5. The van der Waals surface area contributed by atoms with E-state index in [2.05, 4.69) is 4.98 Å². The van der Waals surface area contributed by atoms with Crippen LogP contribution in [0.4, 0.5) is 11.5 Å². The van der Waals surface area contributed by atoms with E-state index in [1.165, 1.54) is 11.2 Å². The summed E-state index contributed by atoms with van der Waals surface area (Å²) in [4.78, 5) is 6.22. The number of pyridine rings is 1. The number of hydrogen-bond acceptors (Lipinski definition) is 6. The van der Waals surface area contributed by atoms with Gasteiger partial charge in [0.25, 0.3) is 0 Å². The fourth-order valence-electron chi connectivity index (χ4n) is 2.05. The van der Waals surface area contributed by atoms with Crippen LogP contribution in [-0.2, 0) is 10.0 Å². The largest absolute Gasteiger partial charge is 0.397 e. The van der Waals surface area contributed by atoms with Crippen molar-refractivity contribution in [1.29, 1.82) is 5.26 Å². The highest BCUT2D eigenvalue weighted by atomic mass is 32.2. The summed E-state index contributed by atoms with van der Waals surface area (Å²) in [6.07, 6.45) is 1.58. The number of anilines is 2. The molecule has 0 aliphatic carbocycles. The van der Waals surface area contributed by atoms with Gasteiger partial charge in [0.05, 0.1) is 18.0 Å². The van der Waals surface area contributed by atoms with Crippen molar-refractivity contribution in [2.75, 3.05) is 36.8 Å². The predicted molar refractivity (Wildman–Crippen MR) is 76.4 cm³/mol. The number of hydrogen-bond donors (Lipinski definition) is 1. The third kappa shape index (κ3) is 2.84. The summed E-state index contributed by atoms with van der Waals surface area (Å²) >= 11 is 0. The van der Waals surface area contributed by atoms with Gasteiger partial charge in [0, 0.05) is 26.2 Å². The molecule has 2 heterocycles. The van der Waals surface area contributed by atoms with Gasteiger partial charge in [0.15, 0.2) is 5.25 Å². The zero-order chi connectivity index (χ0) is 14.8. The first-order valence-corrected chi connectivity index (χ1v) is 7.80. The number of nitrogens with two attached hydrogens (primary N) is 1. The molecule has 7 nitrogen and oxygen atoms in total. The molecule has 8 heteroatoms. The first kappa shape index (κ1) is 14.6. The molecule has 2 rings (SSSR count). The highest BCUT2D eigenvalue weighted by molar-refractivity contribution is 7.89. The number of rotatable bonds is 3. The molecule has 0 bridgehead atoms. The van der Waals surface area contributed by atoms with Crippen LogP contribution < -0.4 is 10.6 Å². The first-order valence-electron chi connectivity index (χ1n) is 6.30. The lowest BCUT2D eigenvalue weighted by molar-refractivity contribution is 0.382. The van der Waals surface area contributed by atoms with Gasteiger partial charge in [-0.1, -0.05) is 0 Å². The van der Waals surface area contributed by atoms with E-state index in [0.29, 0.717) is 31.9 Å². The molecule has 1 fully saturated rings. The topological polar surface area (TPSA) is 103 Å². The lowest BCUT2D eigenvalue weighted by Gasteiger charge is -2.35. The molecule has 0 spiro atoms. The van der Waals surface area contributed by atoms with Crippen LogP contribution in [0.2, 0.25) is 0 Å². The van der Waals surface area contributed by atoms with Gasteiger partial charge in [-0.2, -0.15) is 9.57 Å². The number of sulfonamides is 1. The minimum Gasteiger partial charge on any atom is -0.397 e. The summed E-state index contributed by atoms with van der Waals surface area (Å²) < 4.78 is 25.5. The third-order valence-corrected chi connectivity index (χ3v) is 5.41. The van der Waals surface area contributed by atoms with Crippen molar-refractivity contribution in [3.05, 3.63) is 18.3 Å². The number of nitriles is 1.